The summed E-state index contributed by atoms with van der Waals surface area (Å²) in [7, 11) is 0. The van der Waals surface area contributed by atoms with E-state index in [4.69, 9.17) is 21.9 Å². The normalized spacial score (nSPS) is 12.6. The van der Waals surface area contributed by atoms with Crippen LogP contribution in [0, 0.1) is 0 Å². The van der Waals surface area contributed by atoms with Crippen molar-refractivity contribution in [3.05, 3.63) is 58.5 Å². The fourth-order valence-electron chi connectivity index (χ4n) is 1.90. The van der Waals surface area contributed by atoms with Crippen LogP contribution < -0.4 is 11.3 Å². The lowest BCUT2D eigenvalue weighted by Crippen LogP contribution is -2.29. The van der Waals surface area contributed by atoms with Crippen LogP contribution in [-0.4, -0.2) is 0 Å². The number of rotatable bonds is 5. The minimum Gasteiger partial charge on any atom is -0.448 e. The molecule has 0 radical (unpaired) electrons. The average molecular weight is 265 g/mol. The van der Waals surface area contributed by atoms with Gasteiger partial charge in [-0.15, -0.1) is 0 Å². The van der Waals surface area contributed by atoms with E-state index in [1.54, 1.807) is 6.07 Å². The summed E-state index contributed by atoms with van der Waals surface area (Å²) < 4.78 is 5.38. The first-order valence-corrected chi connectivity index (χ1v) is 6.40. The van der Waals surface area contributed by atoms with Crippen molar-refractivity contribution in [3.8, 4) is 0 Å². The number of hydrazine groups is 1. The van der Waals surface area contributed by atoms with Crippen LogP contribution in [0.2, 0.25) is 5.22 Å². The van der Waals surface area contributed by atoms with Gasteiger partial charge in [0.2, 0.25) is 0 Å². The van der Waals surface area contributed by atoms with Crippen molar-refractivity contribution >= 4 is 11.6 Å². The van der Waals surface area contributed by atoms with E-state index in [9.17, 15) is 0 Å². The van der Waals surface area contributed by atoms with Crippen molar-refractivity contribution < 1.29 is 4.42 Å². The van der Waals surface area contributed by atoms with Gasteiger partial charge in [0.15, 0.2) is 5.22 Å². The number of halogens is 1. The van der Waals surface area contributed by atoms with Gasteiger partial charge in [0.05, 0.1) is 6.04 Å². The molecule has 1 atom stereocenters. The Morgan fingerprint density at radius 2 is 1.83 bits per heavy atom. The van der Waals surface area contributed by atoms with Crippen LogP contribution in [0.1, 0.15) is 29.9 Å². The van der Waals surface area contributed by atoms with E-state index < -0.39 is 0 Å². The highest BCUT2D eigenvalue weighted by atomic mass is 35.5. The van der Waals surface area contributed by atoms with Crippen LogP contribution in [0.3, 0.4) is 0 Å². The molecule has 2 aromatic rings. The molecular formula is C14H17ClN2O. The number of nitrogens with one attached hydrogen (secondary N) is 1. The van der Waals surface area contributed by atoms with Crippen molar-refractivity contribution in [1.29, 1.82) is 0 Å². The summed E-state index contributed by atoms with van der Waals surface area (Å²) >= 11 is 5.77. The van der Waals surface area contributed by atoms with Crippen LogP contribution in [0.4, 0.5) is 0 Å². The molecule has 0 amide bonds. The first kappa shape index (κ1) is 13.1. The van der Waals surface area contributed by atoms with Crippen LogP contribution in [0.5, 0.6) is 0 Å². The summed E-state index contributed by atoms with van der Waals surface area (Å²) in [5.74, 6) is 6.32. The van der Waals surface area contributed by atoms with Crippen LogP contribution in [0.25, 0.3) is 0 Å². The number of aryl methyl sites for hydroxylation is 1. The molecule has 0 bridgehead atoms. The minimum absolute atomic E-state index is 0.0648. The highest BCUT2D eigenvalue weighted by molar-refractivity contribution is 6.28. The van der Waals surface area contributed by atoms with Crippen LogP contribution >= 0.6 is 11.6 Å². The van der Waals surface area contributed by atoms with Gasteiger partial charge in [-0.05, 0) is 47.7 Å². The highest BCUT2D eigenvalue weighted by Crippen LogP contribution is 2.22. The minimum atomic E-state index is -0.0648. The molecule has 1 aromatic carbocycles. The molecular weight excluding hydrogens is 248 g/mol. The van der Waals surface area contributed by atoms with E-state index in [2.05, 4.69) is 36.6 Å². The lowest BCUT2D eigenvalue weighted by molar-refractivity contribution is 0.417. The Balaban J connectivity index is 2.10. The van der Waals surface area contributed by atoms with Gasteiger partial charge in [-0.3, -0.25) is 5.84 Å². The van der Waals surface area contributed by atoms with Gasteiger partial charge in [-0.1, -0.05) is 31.2 Å². The summed E-state index contributed by atoms with van der Waals surface area (Å²) in [6.07, 6.45) is 1.82. The van der Waals surface area contributed by atoms with Gasteiger partial charge in [0, 0.05) is 0 Å². The predicted molar refractivity (Wildman–Crippen MR) is 73.3 cm³/mol. The second-order valence-corrected chi connectivity index (χ2v) is 4.61. The van der Waals surface area contributed by atoms with Gasteiger partial charge >= 0.3 is 0 Å². The van der Waals surface area contributed by atoms with E-state index in [-0.39, 0.29) is 6.04 Å². The Labute approximate surface area is 112 Å². The molecule has 3 nitrogen and oxygen atoms in total. The maximum absolute atomic E-state index is 5.77. The van der Waals surface area contributed by atoms with Gasteiger partial charge < -0.3 is 4.42 Å². The standard InChI is InChI=1S/C14H17ClN2O/c1-2-10-3-5-11(6-4-10)9-12(17-16)13-7-8-14(15)18-13/h3-8,12,17H,2,9,16H2,1H3. The summed E-state index contributed by atoms with van der Waals surface area (Å²) in [4.78, 5) is 0. The Morgan fingerprint density at radius 1 is 1.17 bits per heavy atom. The zero-order valence-corrected chi connectivity index (χ0v) is 11.1. The summed E-state index contributed by atoms with van der Waals surface area (Å²) in [6, 6.07) is 12.0. The van der Waals surface area contributed by atoms with Crippen molar-refractivity contribution in [2.45, 2.75) is 25.8 Å². The molecule has 0 saturated heterocycles. The van der Waals surface area contributed by atoms with E-state index in [0.29, 0.717) is 5.22 Å². The average Bonchev–Trinajstić information content (AvgIpc) is 2.83. The fraction of sp³-hybridized carbons (Fsp3) is 0.286. The Kier molecular flexibility index (Phi) is 4.42. The third-order valence-electron chi connectivity index (χ3n) is 3.01. The van der Waals surface area contributed by atoms with Crippen molar-refractivity contribution in [3.63, 3.8) is 0 Å². The lowest BCUT2D eigenvalue weighted by Gasteiger charge is -2.13. The fourth-order valence-corrected chi connectivity index (χ4v) is 2.06. The molecule has 0 aliphatic heterocycles. The van der Waals surface area contributed by atoms with Crippen molar-refractivity contribution in [2.24, 2.45) is 5.84 Å². The summed E-state index contributed by atoms with van der Waals surface area (Å²) in [6.45, 7) is 2.14. The van der Waals surface area contributed by atoms with Gasteiger partial charge in [0.1, 0.15) is 5.76 Å². The maximum Gasteiger partial charge on any atom is 0.193 e. The molecule has 0 aliphatic rings. The molecule has 0 fully saturated rings. The molecule has 1 heterocycles. The number of hydrogen-bond donors (Lipinski definition) is 2. The van der Waals surface area contributed by atoms with E-state index in [0.717, 1.165) is 18.6 Å². The second-order valence-electron chi connectivity index (χ2n) is 4.24. The molecule has 0 aliphatic carbocycles. The molecule has 18 heavy (non-hydrogen) atoms. The second kappa shape index (κ2) is 6.05. The molecule has 2 rings (SSSR count). The lowest BCUT2D eigenvalue weighted by atomic mass is 10.0. The van der Waals surface area contributed by atoms with Crippen molar-refractivity contribution in [2.75, 3.05) is 0 Å². The molecule has 96 valence electrons. The third kappa shape index (κ3) is 3.13. The Morgan fingerprint density at radius 3 is 2.33 bits per heavy atom. The van der Waals surface area contributed by atoms with E-state index in [1.165, 1.54) is 11.1 Å². The molecule has 0 spiro atoms. The Bertz CT molecular complexity index is 493. The summed E-state index contributed by atoms with van der Waals surface area (Å²) in [5, 5.41) is 0.381. The SMILES string of the molecule is CCc1ccc(CC(NN)c2ccc(Cl)o2)cc1. The number of hydrogen-bond acceptors (Lipinski definition) is 3. The van der Waals surface area contributed by atoms with Crippen LogP contribution in [0.15, 0.2) is 40.8 Å². The quantitative estimate of drug-likeness (QED) is 0.644. The zero-order chi connectivity index (χ0) is 13.0. The van der Waals surface area contributed by atoms with Crippen molar-refractivity contribution in [1.82, 2.24) is 5.43 Å². The number of furan rings is 1. The smallest absolute Gasteiger partial charge is 0.193 e. The maximum atomic E-state index is 5.77. The van der Waals surface area contributed by atoms with E-state index >= 15 is 0 Å². The molecule has 3 N–H and O–H groups in total. The van der Waals surface area contributed by atoms with Gasteiger partial charge in [-0.2, -0.15) is 0 Å². The number of nitrogens with two attached hydrogens (primary N) is 1. The predicted octanol–water partition coefficient (Wildman–Crippen LogP) is 3.24. The first-order chi connectivity index (χ1) is 8.72. The summed E-state index contributed by atoms with van der Waals surface area (Å²) in [5.41, 5.74) is 5.30. The molecule has 1 unspecified atom stereocenters. The first-order valence-electron chi connectivity index (χ1n) is 6.02. The zero-order valence-electron chi connectivity index (χ0n) is 10.3. The number of benzene rings is 1. The highest BCUT2D eigenvalue weighted by Gasteiger charge is 2.14. The topological polar surface area (TPSA) is 51.2 Å². The van der Waals surface area contributed by atoms with Gasteiger partial charge in [0.25, 0.3) is 0 Å². The molecule has 1 aromatic heterocycles. The van der Waals surface area contributed by atoms with Gasteiger partial charge in [-0.25, -0.2) is 5.43 Å². The van der Waals surface area contributed by atoms with E-state index in [1.807, 2.05) is 6.07 Å². The third-order valence-corrected chi connectivity index (χ3v) is 3.21. The molecule has 0 saturated carbocycles. The largest absolute Gasteiger partial charge is 0.448 e. The Hall–Kier alpha value is -1.29. The molecule has 4 heteroatoms. The monoisotopic (exact) mass is 264 g/mol. The van der Waals surface area contributed by atoms with Crippen LogP contribution in [-0.2, 0) is 12.8 Å².